The molecule has 0 fully saturated rings. The third-order valence-electron chi connectivity index (χ3n) is 2.83. The van der Waals surface area contributed by atoms with Gasteiger partial charge in [-0.05, 0) is 42.8 Å². The van der Waals surface area contributed by atoms with Crippen molar-refractivity contribution in [2.75, 3.05) is 11.9 Å². The van der Waals surface area contributed by atoms with Gasteiger partial charge >= 0.3 is 0 Å². The summed E-state index contributed by atoms with van der Waals surface area (Å²) in [6.07, 6.45) is 5.22. The van der Waals surface area contributed by atoms with Crippen LogP contribution in [0.4, 0.5) is 5.69 Å². The zero-order valence-corrected chi connectivity index (χ0v) is 12.1. The van der Waals surface area contributed by atoms with Gasteiger partial charge in [0, 0.05) is 22.8 Å². The van der Waals surface area contributed by atoms with E-state index in [4.69, 9.17) is 22.8 Å². The quantitative estimate of drug-likeness (QED) is 0.828. The van der Waals surface area contributed by atoms with Crippen molar-refractivity contribution < 1.29 is 4.74 Å². The lowest BCUT2D eigenvalue weighted by Gasteiger charge is -2.12. The van der Waals surface area contributed by atoms with E-state index >= 15 is 0 Å². The Hall–Kier alpha value is -2.11. The van der Waals surface area contributed by atoms with Crippen molar-refractivity contribution in [3.63, 3.8) is 0 Å². The number of terminal acetylenes is 1. The van der Waals surface area contributed by atoms with Crippen LogP contribution in [-0.2, 0) is 6.54 Å². The van der Waals surface area contributed by atoms with Gasteiger partial charge in [-0.25, -0.2) is 0 Å². The fraction of sp³-hybridized carbons (Fsp3) is 0.176. The first-order valence-electron chi connectivity index (χ1n) is 6.34. The maximum absolute atomic E-state index is 6.03. The van der Waals surface area contributed by atoms with Crippen LogP contribution in [0.2, 0.25) is 5.02 Å². The molecule has 0 saturated heterocycles. The summed E-state index contributed by atoms with van der Waals surface area (Å²) in [6, 6.07) is 13.7. The number of benzene rings is 2. The van der Waals surface area contributed by atoms with Gasteiger partial charge in [0.25, 0.3) is 0 Å². The van der Waals surface area contributed by atoms with Gasteiger partial charge in [0.2, 0.25) is 0 Å². The number of nitrogens with one attached hydrogen (secondary N) is 1. The van der Waals surface area contributed by atoms with Crippen molar-refractivity contribution in [1.29, 1.82) is 0 Å². The molecule has 0 bridgehead atoms. The predicted octanol–water partition coefficient (Wildman–Crippen LogP) is 4.27. The molecule has 0 aliphatic rings. The van der Waals surface area contributed by atoms with Gasteiger partial charge < -0.3 is 10.1 Å². The molecule has 1 N–H and O–H groups in total. The van der Waals surface area contributed by atoms with Gasteiger partial charge in [-0.2, -0.15) is 0 Å². The Bertz CT molecular complexity index is 631. The summed E-state index contributed by atoms with van der Waals surface area (Å²) in [7, 11) is 0. The third kappa shape index (κ3) is 3.94. The molecule has 0 saturated carbocycles. The Labute approximate surface area is 124 Å². The maximum atomic E-state index is 6.03. The highest BCUT2D eigenvalue weighted by atomic mass is 35.5. The maximum Gasteiger partial charge on any atom is 0.148 e. The standard InChI is InChI=1S/C17H16ClNO/c1-3-9-20-17-8-7-15(18)11-14(17)12-19-16-6-4-5-13(2)10-16/h1,4-8,10-11,19H,9,12H2,2H3. The van der Waals surface area contributed by atoms with Crippen LogP contribution >= 0.6 is 11.6 Å². The topological polar surface area (TPSA) is 21.3 Å². The molecular formula is C17H16ClNO. The van der Waals surface area contributed by atoms with Gasteiger partial charge in [0.1, 0.15) is 12.4 Å². The molecule has 3 heteroatoms. The average molecular weight is 286 g/mol. The molecule has 0 spiro atoms. The van der Waals surface area contributed by atoms with E-state index in [1.54, 1.807) is 6.07 Å². The average Bonchev–Trinajstić information content (AvgIpc) is 2.44. The second kappa shape index (κ2) is 6.88. The third-order valence-corrected chi connectivity index (χ3v) is 3.07. The Balaban J connectivity index is 2.11. The second-order valence-electron chi connectivity index (χ2n) is 4.47. The van der Waals surface area contributed by atoms with E-state index in [-0.39, 0.29) is 6.61 Å². The highest BCUT2D eigenvalue weighted by molar-refractivity contribution is 6.30. The van der Waals surface area contributed by atoms with Crippen molar-refractivity contribution in [2.24, 2.45) is 0 Å². The minimum atomic E-state index is 0.249. The molecule has 2 rings (SSSR count). The lowest BCUT2D eigenvalue weighted by molar-refractivity contribution is 0.366. The van der Waals surface area contributed by atoms with E-state index in [1.807, 2.05) is 24.3 Å². The van der Waals surface area contributed by atoms with Crippen molar-refractivity contribution in [1.82, 2.24) is 0 Å². The fourth-order valence-corrected chi connectivity index (χ4v) is 2.09. The Morgan fingerprint density at radius 2 is 2.10 bits per heavy atom. The number of halogens is 1. The van der Waals surface area contributed by atoms with Gasteiger partial charge in [0.15, 0.2) is 0 Å². The number of hydrogen-bond acceptors (Lipinski definition) is 2. The Morgan fingerprint density at radius 1 is 1.25 bits per heavy atom. The molecule has 102 valence electrons. The minimum Gasteiger partial charge on any atom is -0.481 e. The summed E-state index contributed by atoms with van der Waals surface area (Å²) >= 11 is 6.03. The van der Waals surface area contributed by atoms with Crippen molar-refractivity contribution in [3.05, 3.63) is 58.6 Å². The second-order valence-corrected chi connectivity index (χ2v) is 4.90. The van der Waals surface area contributed by atoms with Gasteiger partial charge in [-0.15, -0.1) is 6.42 Å². The normalized spacial score (nSPS) is 9.85. The lowest BCUT2D eigenvalue weighted by Crippen LogP contribution is -2.04. The van der Waals surface area contributed by atoms with Gasteiger partial charge in [-0.1, -0.05) is 29.7 Å². The summed E-state index contributed by atoms with van der Waals surface area (Å²) in [5.74, 6) is 3.22. The van der Waals surface area contributed by atoms with Crippen LogP contribution in [0.3, 0.4) is 0 Å². The largest absolute Gasteiger partial charge is 0.481 e. The zero-order chi connectivity index (χ0) is 14.4. The summed E-state index contributed by atoms with van der Waals surface area (Å²) in [4.78, 5) is 0. The molecule has 0 amide bonds. The smallest absolute Gasteiger partial charge is 0.148 e. The van der Waals surface area contributed by atoms with E-state index < -0.39 is 0 Å². The summed E-state index contributed by atoms with van der Waals surface area (Å²) in [5.41, 5.74) is 3.26. The molecule has 2 aromatic rings. The molecule has 2 nitrogen and oxygen atoms in total. The Morgan fingerprint density at radius 3 is 2.85 bits per heavy atom. The van der Waals surface area contributed by atoms with E-state index in [9.17, 15) is 0 Å². The number of rotatable bonds is 5. The molecule has 0 aliphatic heterocycles. The van der Waals surface area contributed by atoms with Crippen LogP contribution < -0.4 is 10.1 Å². The van der Waals surface area contributed by atoms with Crippen LogP contribution in [0.15, 0.2) is 42.5 Å². The van der Waals surface area contributed by atoms with Gasteiger partial charge in [0.05, 0.1) is 0 Å². The molecule has 0 unspecified atom stereocenters. The molecule has 0 radical (unpaired) electrons. The molecule has 0 aromatic heterocycles. The van der Waals surface area contributed by atoms with Crippen LogP contribution in [0.5, 0.6) is 5.75 Å². The van der Waals surface area contributed by atoms with Crippen LogP contribution in [-0.4, -0.2) is 6.61 Å². The minimum absolute atomic E-state index is 0.249. The summed E-state index contributed by atoms with van der Waals surface area (Å²) < 4.78 is 5.52. The van der Waals surface area contributed by atoms with E-state index in [0.29, 0.717) is 11.6 Å². The first-order valence-corrected chi connectivity index (χ1v) is 6.72. The highest BCUT2D eigenvalue weighted by Crippen LogP contribution is 2.24. The first kappa shape index (κ1) is 14.3. The van der Waals surface area contributed by atoms with Crippen LogP contribution in [0.1, 0.15) is 11.1 Å². The van der Waals surface area contributed by atoms with Crippen LogP contribution in [0, 0.1) is 19.3 Å². The molecule has 0 aliphatic carbocycles. The molecule has 0 heterocycles. The van der Waals surface area contributed by atoms with E-state index in [2.05, 4.69) is 30.3 Å². The molecule has 20 heavy (non-hydrogen) atoms. The number of hydrogen-bond donors (Lipinski definition) is 1. The van der Waals surface area contributed by atoms with Gasteiger partial charge in [-0.3, -0.25) is 0 Å². The molecule has 0 atom stereocenters. The van der Waals surface area contributed by atoms with Crippen LogP contribution in [0.25, 0.3) is 0 Å². The van der Waals surface area contributed by atoms with Crippen molar-refractivity contribution >= 4 is 17.3 Å². The van der Waals surface area contributed by atoms with Crippen molar-refractivity contribution in [3.8, 4) is 18.1 Å². The number of aryl methyl sites for hydroxylation is 1. The predicted molar refractivity (Wildman–Crippen MR) is 84.3 cm³/mol. The van der Waals surface area contributed by atoms with E-state index in [1.165, 1.54) is 5.56 Å². The van der Waals surface area contributed by atoms with Crippen molar-refractivity contribution in [2.45, 2.75) is 13.5 Å². The highest BCUT2D eigenvalue weighted by Gasteiger charge is 2.05. The lowest BCUT2D eigenvalue weighted by atomic mass is 10.2. The number of ether oxygens (including phenoxy) is 1. The first-order chi connectivity index (χ1) is 9.69. The summed E-state index contributed by atoms with van der Waals surface area (Å²) in [5, 5.41) is 4.04. The molecule has 2 aromatic carbocycles. The summed E-state index contributed by atoms with van der Waals surface area (Å²) in [6.45, 7) is 2.94. The number of anilines is 1. The van der Waals surface area contributed by atoms with E-state index in [0.717, 1.165) is 17.0 Å². The SMILES string of the molecule is C#CCOc1ccc(Cl)cc1CNc1cccc(C)c1. The fourth-order valence-electron chi connectivity index (χ4n) is 1.90. The monoisotopic (exact) mass is 285 g/mol. The zero-order valence-electron chi connectivity index (χ0n) is 11.3. The molecular weight excluding hydrogens is 270 g/mol. The Kier molecular flexibility index (Phi) is 4.92.